The lowest BCUT2D eigenvalue weighted by molar-refractivity contribution is -0.275. The van der Waals surface area contributed by atoms with Crippen LogP contribution in [0.4, 0.5) is 17.6 Å². The minimum atomic E-state index is -5.07. The van der Waals surface area contributed by atoms with Crippen molar-refractivity contribution in [3.63, 3.8) is 0 Å². The van der Waals surface area contributed by atoms with E-state index in [-0.39, 0.29) is 15.8 Å². The molecule has 3 aromatic carbocycles. The summed E-state index contributed by atoms with van der Waals surface area (Å²) in [6.07, 6.45) is -3.72. The van der Waals surface area contributed by atoms with Crippen LogP contribution in [0.25, 0.3) is 16.6 Å². The van der Waals surface area contributed by atoms with E-state index in [1.807, 2.05) is 0 Å². The normalized spacial score (nSPS) is 13.8. The number of aromatic nitrogens is 2. The maximum atomic E-state index is 13.9. The highest BCUT2D eigenvalue weighted by Gasteiger charge is 2.56. The van der Waals surface area contributed by atoms with Crippen LogP contribution in [0, 0.1) is 5.82 Å². The highest BCUT2D eigenvalue weighted by Crippen LogP contribution is 2.42. The quantitative estimate of drug-likeness (QED) is 0.338. The maximum Gasteiger partial charge on any atom is 0.424 e. The Morgan fingerprint density at radius 3 is 2.25 bits per heavy atom. The molecule has 0 radical (unpaired) electrons. The second-order valence-corrected chi connectivity index (χ2v) is 7.82. The van der Waals surface area contributed by atoms with Crippen LogP contribution in [0.2, 0.25) is 10.0 Å². The Hall–Kier alpha value is -2.81. The lowest BCUT2D eigenvalue weighted by atomic mass is 9.93. The molecule has 0 saturated heterocycles. The molecule has 4 aromatic rings. The Balaban J connectivity index is 1.72. The number of hydrogen-bond acceptors (Lipinski definition) is 3. The van der Waals surface area contributed by atoms with Gasteiger partial charge in [0.25, 0.3) is 0 Å². The van der Waals surface area contributed by atoms with E-state index in [4.69, 9.17) is 27.9 Å². The fraction of sp³-hybridized carbons (Fsp3) is 0.136. The van der Waals surface area contributed by atoms with E-state index in [0.717, 1.165) is 6.07 Å². The van der Waals surface area contributed by atoms with E-state index in [0.29, 0.717) is 16.6 Å². The Kier molecular flexibility index (Phi) is 5.79. The number of para-hydroxylation sites is 1. The maximum absolute atomic E-state index is 13.9. The molecule has 1 atom stereocenters. The van der Waals surface area contributed by atoms with Gasteiger partial charge in [-0.2, -0.15) is 18.3 Å². The van der Waals surface area contributed by atoms with Crippen molar-refractivity contribution in [3.8, 4) is 11.4 Å². The zero-order valence-electron chi connectivity index (χ0n) is 16.1. The topological polar surface area (TPSA) is 47.3 Å². The van der Waals surface area contributed by atoms with Gasteiger partial charge >= 0.3 is 6.18 Å². The Morgan fingerprint density at radius 2 is 1.62 bits per heavy atom. The number of benzene rings is 3. The van der Waals surface area contributed by atoms with Crippen LogP contribution in [0.15, 0.2) is 66.9 Å². The number of rotatable bonds is 5. The smallest absolute Gasteiger partial charge is 0.424 e. The second kappa shape index (κ2) is 8.27. The van der Waals surface area contributed by atoms with Gasteiger partial charge in [0.15, 0.2) is 5.75 Å². The van der Waals surface area contributed by atoms with Crippen LogP contribution in [0.1, 0.15) is 5.56 Å². The van der Waals surface area contributed by atoms with E-state index >= 15 is 0 Å². The summed E-state index contributed by atoms with van der Waals surface area (Å²) in [5.74, 6) is -0.593. The van der Waals surface area contributed by atoms with Gasteiger partial charge in [-0.3, -0.25) is 0 Å². The molecule has 0 spiro atoms. The number of hydrogen-bond donors (Lipinski definition) is 1. The van der Waals surface area contributed by atoms with Gasteiger partial charge in [0.2, 0.25) is 5.60 Å². The number of alkyl halides is 3. The summed E-state index contributed by atoms with van der Waals surface area (Å²) in [6.45, 7) is -1.17. The zero-order valence-corrected chi connectivity index (χ0v) is 17.6. The Morgan fingerprint density at radius 1 is 0.969 bits per heavy atom. The van der Waals surface area contributed by atoms with Crippen LogP contribution in [-0.4, -0.2) is 27.7 Å². The molecule has 0 saturated carbocycles. The fourth-order valence-corrected chi connectivity index (χ4v) is 3.71. The van der Waals surface area contributed by atoms with Crippen molar-refractivity contribution in [2.24, 2.45) is 0 Å². The number of nitrogens with zero attached hydrogens (tertiary/aromatic N) is 2. The molecule has 166 valence electrons. The molecule has 1 aromatic heterocycles. The molecular formula is C22H14Cl2F4N2O2. The predicted octanol–water partition coefficient (Wildman–Crippen LogP) is 6.30. The molecule has 0 bridgehead atoms. The van der Waals surface area contributed by atoms with Gasteiger partial charge in [-0.1, -0.05) is 35.3 Å². The predicted molar refractivity (Wildman–Crippen MR) is 113 cm³/mol. The van der Waals surface area contributed by atoms with Crippen LogP contribution >= 0.6 is 23.2 Å². The lowest BCUT2D eigenvalue weighted by Crippen LogP contribution is -2.47. The van der Waals surface area contributed by atoms with Crippen LogP contribution in [0.5, 0.6) is 5.75 Å². The van der Waals surface area contributed by atoms with Crippen LogP contribution < -0.4 is 4.74 Å². The molecule has 0 fully saturated rings. The van der Waals surface area contributed by atoms with Crippen LogP contribution in [-0.2, 0) is 5.60 Å². The Bertz CT molecular complexity index is 1260. The SMILES string of the molecule is OC(COc1c(Cl)cccc1Cl)(c1ccc2c(cnn2-c2ccc(F)cc2)c1)C(F)(F)F. The minimum Gasteiger partial charge on any atom is -0.487 e. The summed E-state index contributed by atoms with van der Waals surface area (Å²) < 4.78 is 61.7. The summed E-state index contributed by atoms with van der Waals surface area (Å²) in [5, 5.41) is 15.2. The highest BCUT2D eigenvalue weighted by atomic mass is 35.5. The molecule has 0 aliphatic rings. The van der Waals surface area contributed by atoms with Gasteiger partial charge in [0.05, 0.1) is 27.4 Å². The van der Waals surface area contributed by atoms with E-state index in [2.05, 4.69) is 5.10 Å². The number of ether oxygens (including phenoxy) is 1. The average molecular weight is 485 g/mol. The van der Waals surface area contributed by atoms with Gasteiger partial charge in [-0.05, 0) is 54.1 Å². The van der Waals surface area contributed by atoms with Crippen molar-refractivity contribution < 1.29 is 27.4 Å². The third kappa shape index (κ3) is 4.01. The van der Waals surface area contributed by atoms with Gasteiger partial charge in [0.1, 0.15) is 12.4 Å². The molecule has 32 heavy (non-hydrogen) atoms. The molecule has 4 nitrogen and oxygen atoms in total. The van der Waals surface area contributed by atoms with E-state index < -0.39 is 29.8 Å². The summed E-state index contributed by atoms with van der Waals surface area (Å²) in [4.78, 5) is 0. The van der Waals surface area contributed by atoms with Crippen molar-refractivity contribution in [2.45, 2.75) is 11.8 Å². The molecule has 0 aliphatic heterocycles. The molecular weight excluding hydrogens is 471 g/mol. The standard InChI is InChI=1S/C22H14Cl2F4N2O2/c23-17-2-1-3-18(24)20(17)32-12-21(31,22(26,27)28)14-4-9-19-13(10-14)11-29-30(19)16-7-5-15(25)6-8-16/h1-11,31H,12H2. The molecule has 4 rings (SSSR count). The summed E-state index contributed by atoms with van der Waals surface area (Å²) in [7, 11) is 0. The van der Waals surface area contributed by atoms with Crippen molar-refractivity contribution in [2.75, 3.05) is 6.61 Å². The summed E-state index contributed by atoms with van der Waals surface area (Å²) in [6, 6.07) is 13.5. The summed E-state index contributed by atoms with van der Waals surface area (Å²) >= 11 is 11.9. The molecule has 1 unspecified atom stereocenters. The molecule has 1 heterocycles. The first-order valence-corrected chi connectivity index (χ1v) is 9.96. The van der Waals surface area contributed by atoms with Crippen molar-refractivity contribution in [1.82, 2.24) is 9.78 Å². The monoisotopic (exact) mass is 484 g/mol. The molecule has 10 heteroatoms. The van der Waals surface area contributed by atoms with Gasteiger partial charge in [-0.15, -0.1) is 0 Å². The molecule has 0 aliphatic carbocycles. The van der Waals surface area contributed by atoms with Crippen molar-refractivity contribution in [1.29, 1.82) is 0 Å². The number of halogens is 6. The second-order valence-electron chi connectivity index (χ2n) is 7.00. The van der Waals surface area contributed by atoms with Gasteiger partial charge in [-0.25, -0.2) is 9.07 Å². The molecule has 0 amide bonds. The van der Waals surface area contributed by atoms with Gasteiger partial charge in [0, 0.05) is 5.39 Å². The van der Waals surface area contributed by atoms with E-state index in [1.54, 1.807) is 0 Å². The third-order valence-corrected chi connectivity index (χ3v) is 5.53. The van der Waals surface area contributed by atoms with Crippen molar-refractivity contribution in [3.05, 3.63) is 88.3 Å². The van der Waals surface area contributed by atoms with E-state index in [9.17, 15) is 22.7 Å². The number of fused-ring (bicyclic) bond motifs is 1. The third-order valence-electron chi connectivity index (χ3n) is 4.93. The zero-order chi connectivity index (χ0) is 23.1. The number of aliphatic hydroxyl groups is 1. The first-order valence-electron chi connectivity index (χ1n) is 9.20. The average Bonchev–Trinajstić information content (AvgIpc) is 3.16. The first-order chi connectivity index (χ1) is 15.1. The summed E-state index contributed by atoms with van der Waals surface area (Å²) in [5.41, 5.74) is -2.79. The highest BCUT2D eigenvalue weighted by molar-refractivity contribution is 6.37. The Labute approximate surface area is 189 Å². The fourth-order valence-electron chi connectivity index (χ4n) is 3.20. The lowest BCUT2D eigenvalue weighted by Gasteiger charge is -2.31. The largest absolute Gasteiger partial charge is 0.487 e. The molecule has 1 N–H and O–H groups in total. The van der Waals surface area contributed by atoms with E-state index in [1.165, 1.54) is 65.5 Å². The van der Waals surface area contributed by atoms with Crippen molar-refractivity contribution >= 4 is 34.1 Å². The van der Waals surface area contributed by atoms with Crippen LogP contribution in [0.3, 0.4) is 0 Å². The van der Waals surface area contributed by atoms with Gasteiger partial charge < -0.3 is 9.84 Å². The first kappa shape index (κ1) is 22.4. The minimum absolute atomic E-state index is 0.0121.